The van der Waals surface area contributed by atoms with Gasteiger partial charge in [0.1, 0.15) is 5.69 Å². The molecule has 1 atom stereocenters. The normalized spacial score (nSPS) is 17.7. The van der Waals surface area contributed by atoms with Crippen molar-refractivity contribution in [1.29, 1.82) is 0 Å². The summed E-state index contributed by atoms with van der Waals surface area (Å²) in [4.78, 5) is 25.6. The van der Waals surface area contributed by atoms with Gasteiger partial charge in [-0.1, -0.05) is 23.7 Å². The van der Waals surface area contributed by atoms with Gasteiger partial charge in [-0.25, -0.2) is 4.68 Å². The molecule has 1 amide bonds. The molecule has 0 radical (unpaired) electrons. The van der Waals surface area contributed by atoms with E-state index < -0.39 is 0 Å². The number of amides is 1. The number of halogens is 1. The number of benzene rings is 1. The average Bonchev–Trinajstić information content (AvgIpc) is 2.99. The van der Waals surface area contributed by atoms with Crippen LogP contribution in [-0.2, 0) is 7.05 Å². The molecule has 22 heavy (non-hydrogen) atoms. The minimum absolute atomic E-state index is 0.139. The molecule has 114 valence electrons. The maximum atomic E-state index is 12.5. The Balaban J connectivity index is 1.76. The first-order valence-electron chi connectivity index (χ1n) is 7.13. The summed E-state index contributed by atoms with van der Waals surface area (Å²) in [5.74, 6) is 0.148. The predicted octanol–water partition coefficient (Wildman–Crippen LogP) is 2.06. The van der Waals surface area contributed by atoms with E-state index >= 15 is 0 Å². The lowest BCUT2D eigenvalue weighted by atomic mass is 9.99. The summed E-state index contributed by atoms with van der Waals surface area (Å²) in [5.41, 5.74) is 1.22. The van der Waals surface area contributed by atoms with E-state index in [1.165, 1.54) is 23.9 Å². The molecule has 0 saturated carbocycles. The molecule has 5 nitrogen and oxygen atoms in total. The van der Waals surface area contributed by atoms with Gasteiger partial charge in [0.05, 0.1) is 0 Å². The summed E-state index contributed by atoms with van der Waals surface area (Å²) in [5, 5.41) is 4.73. The van der Waals surface area contributed by atoms with Crippen molar-refractivity contribution in [1.82, 2.24) is 14.7 Å². The highest BCUT2D eigenvalue weighted by Gasteiger charge is 2.28. The van der Waals surface area contributed by atoms with E-state index in [1.807, 2.05) is 24.3 Å². The molecule has 2 heterocycles. The molecule has 1 aliphatic heterocycles. The van der Waals surface area contributed by atoms with Crippen LogP contribution in [0.5, 0.6) is 0 Å². The van der Waals surface area contributed by atoms with E-state index in [1.54, 1.807) is 4.90 Å². The van der Waals surface area contributed by atoms with E-state index in [0.717, 1.165) is 12.0 Å². The third-order valence-corrected chi connectivity index (χ3v) is 4.21. The number of hydrogen-bond acceptors (Lipinski definition) is 3. The van der Waals surface area contributed by atoms with Gasteiger partial charge >= 0.3 is 0 Å². The van der Waals surface area contributed by atoms with Gasteiger partial charge in [-0.3, -0.25) is 9.59 Å². The number of hydrogen-bond donors (Lipinski definition) is 0. The first-order valence-corrected chi connectivity index (χ1v) is 7.51. The van der Waals surface area contributed by atoms with Crippen molar-refractivity contribution >= 4 is 17.5 Å². The fraction of sp³-hybridized carbons (Fsp3) is 0.312. The molecule has 0 spiro atoms. The van der Waals surface area contributed by atoms with Crippen molar-refractivity contribution in [3.8, 4) is 0 Å². The maximum Gasteiger partial charge on any atom is 0.274 e. The molecule has 0 N–H and O–H groups in total. The molecule has 3 rings (SSSR count). The van der Waals surface area contributed by atoms with E-state index in [0.29, 0.717) is 23.8 Å². The largest absolute Gasteiger partial charge is 0.337 e. The van der Waals surface area contributed by atoms with Crippen molar-refractivity contribution in [2.75, 3.05) is 13.1 Å². The number of aromatic nitrogens is 2. The number of carbonyl (C=O) groups is 1. The second-order valence-electron chi connectivity index (χ2n) is 5.47. The van der Waals surface area contributed by atoms with Crippen LogP contribution in [-0.4, -0.2) is 33.7 Å². The van der Waals surface area contributed by atoms with Gasteiger partial charge in [-0.15, -0.1) is 0 Å². The summed E-state index contributed by atoms with van der Waals surface area (Å²) >= 11 is 6.03. The summed E-state index contributed by atoms with van der Waals surface area (Å²) in [6.45, 7) is 1.32. The highest BCUT2D eigenvalue weighted by molar-refractivity contribution is 6.30. The van der Waals surface area contributed by atoms with Crippen LogP contribution in [0, 0.1) is 0 Å². The molecule has 1 saturated heterocycles. The van der Waals surface area contributed by atoms with Crippen molar-refractivity contribution in [3.05, 3.63) is 63.0 Å². The molecule has 1 aliphatic rings. The van der Waals surface area contributed by atoms with E-state index in [-0.39, 0.29) is 17.4 Å². The molecule has 1 fully saturated rings. The molecule has 0 aliphatic carbocycles. The smallest absolute Gasteiger partial charge is 0.274 e. The lowest BCUT2D eigenvalue weighted by molar-refractivity contribution is 0.0782. The topological polar surface area (TPSA) is 55.2 Å². The third-order valence-electron chi connectivity index (χ3n) is 3.98. The van der Waals surface area contributed by atoms with Crippen molar-refractivity contribution in [2.24, 2.45) is 7.05 Å². The highest BCUT2D eigenvalue weighted by atomic mass is 35.5. The zero-order chi connectivity index (χ0) is 15.7. The van der Waals surface area contributed by atoms with Gasteiger partial charge in [-0.05, 0) is 30.2 Å². The molecule has 2 aromatic rings. The SMILES string of the molecule is Cn1nc(C(=O)N2CC[C@@H](c3cccc(Cl)c3)C2)ccc1=O. The third kappa shape index (κ3) is 2.90. The Hall–Kier alpha value is -2.14. The number of likely N-dealkylation sites (tertiary alicyclic amines) is 1. The Bertz CT molecular complexity index is 772. The Morgan fingerprint density at radius 2 is 2.14 bits per heavy atom. The molecular weight excluding hydrogens is 302 g/mol. The average molecular weight is 318 g/mol. The first-order chi connectivity index (χ1) is 10.5. The van der Waals surface area contributed by atoms with Gasteiger partial charge in [0.15, 0.2) is 0 Å². The standard InChI is InChI=1S/C16H16ClN3O2/c1-19-15(21)6-5-14(18-19)16(22)20-8-7-12(10-20)11-3-2-4-13(17)9-11/h2-6,9,12H,7-8,10H2,1H3/t12-/m1/s1. The van der Waals surface area contributed by atoms with Crippen molar-refractivity contribution < 1.29 is 4.79 Å². The van der Waals surface area contributed by atoms with Crippen LogP contribution in [0.4, 0.5) is 0 Å². The Labute approximate surface area is 133 Å². The Kier molecular flexibility index (Phi) is 3.98. The number of rotatable bonds is 2. The van der Waals surface area contributed by atoms with E-state index in [9.17, 15) is 9.59 Å². The maximum absolute atomic E-state index is 12.5. The van der Waals surface area contributed by atoms with E-state index in [4.69, 9.17) is 11.6 Å². The quantitative estimate of drug-likeness (QED) is 0.852. The van der Waals surface area contributed by atoms with Gasteiger partial charge in [0.2, 0.25) is 0 Å². The minimum atomic E-state index is -0.227. The van der Waals surface area contributed by atoms with Crippen LogP contribution in [0.2, 0.25) is 5.02 Å². The fourth-order valence-corrected chi connectivity index (χ4v) is 2.95. The van der Waals surface area contributed by atoms with Crippen LogP contribution < -0.4 is 5.56 Å². The molecule has 6 heteroatoms. The number of carbonyl (C=O) groups excluding carboxylic acids is 1. The van der Waals surface area contributed by atoms with Crippen LogP contribution in [0.15, 0.2) is 41.2 Å². The van der Waals surface area contributed by atoms with E-state index in [2.05, 4.69) is 5.10 Å². The van der Waals surface area contributed by atoms with Crippen LogP contribution >= 0.6 is 11.6 Å². The fourth-order valence-electron chi connectivity index (χ4n) is 2.76. The summed E-state index contributed by atoms with van der Waals surface area (Å²) in [6.07, 6.45) is 0.901. The van der Waals surface area contributed by atoms with Crippen LogP contribution in [0.25, 0.3) is 0 Å². The summed E-state index contributed by atoms with van der Waals surface area (Å²) in [6, 6.07) is 10.6. The minimum Gasteiger partial charge on any atom is -0.337 e. The highest BCUT2D eigenvalue weighted by Crippen LogP contribution is 2.29. The molecular formula is C16H16ClN3O2. The lowest BCUT2D eigenvalue weighted by Crippen LogP contribution is -2.31. The van der Waals surface area contributed by atoms with Crippen LogP contribution in [0.1, 0.15) is 28.4 Å². The monoisotopic (exact) mass is 317 g/mol. The van der Waals surface area contributed by atoms with Gasteiger partial charge in [0.25, 0.3) is 11.5 Å². The molecule has 0 bridgehead atoms. The zero-order valence-electron chi connectivity index (χ0n) is 12.2. The van der Waals surface area contributed by atoms with Crippen LogP contribution in [0.3, 0.4) is 0 Å². The lowest BCUT2D eigenvalue weighted by Gasteiger charge is -2.16. The molecule has 0 unspecified atom stereocenters. The van der Waals surface area contributed by atoms with Crippen molar-refractivity contribution in [2.45, 2.75) is 12.3 Å². The van der Waals surface area contributed by atoms with Gasteiger partial charge in [-0.2, -0.15) is 5.10 Å². The zero-order valence-corrected chi connectivity index (χ0v) is 13.0. The summed E-state index contributed by atoms with van der Waals surface area (Å²) in [7, 11) is 1.54. The first kappa shape index (κ1) is 14.8. The molecule has 1 aromatic heterocycles. The summed E-state index contributed by atoms with van der Waals surface area (Å²) < 4.78 is 1.18. The number of nitrogens with zero attached hydrogens (tertiary/aromatic N) is 3. The molecule has 1 aromatic carbocycles. The predicted molar refractivity (Wildman–Crippen MR) is 84.2 cm³/mol. The Morgan fingerprint density at radius 3 is 2.86 bits per heavy atom. The van der Waals surface area contributed by atoms with Crippen molar-refractivity contribution in [3.63, 3.8) is 0 Å². The van der Waals surface area contributed by atoms with Gasteiger partial charge in [0, 0.05) is 37.1 Å². The second kappa shape index (κ2) is 5.93. The Morgan fingerprint density at radius 1 is 1.32 bits per heavy atom. The van der Waals surface area contributed by atoms with Gasteiger partial charge < -0.3 is 4.90 Å². The number of aryl methyl sites for hydroxylation is 1. The second-order valence-corrected chi connectivity index (χ2v) is 5.91.